The van der Waals surface area contributed by atoms with Crippen LogP contribution < -0.4 is 11.3 Å². The van der Waals surface area contributed by atoms with E-state index >= 15 is 0 Å². The zero-order valence-corrected chi connectivity index (χ0v) is 11.9. The summed E-state index contributed by atoms with van der Waals surface area (Å²) >= 11 is 3.53. The Morgan fingerprint density at radius 1 is 1.33 bits per heavy atom. The number of hydrazine groups is 1. The fourth-order valence-corrected chi connectivity index (χ4v) is 2.42. The number of nitrogens with two attached hydrogens (primary N) is 1. The fourth-order valence-electron chi connectivity index (χ4n) is 1.92. The van der Waals surface area contributed by atoms with E-state index in [0.717, 1.165) is 15.7 Å². The van der Waals surface area contributed by atoms with Crippen LogP contribution in [0.3, 0.4) is 0 Å². The lowest BCUT2D eigenvalue weighted by molar-refractivity contribution is 0.475. The quantitative estimate of drug-likeness (QED) is 0.671. The third-order valence-corrected chi connectivity index (χ3v) is 3.37. The molecule has 0 bridgehead atoms. The molecular formula is C12H16BrN5. The molecule has 0 aliphatic rings. The number of rotatable bonds is 4. The van der Waals surface area contributed by atoms with Gasteiger partial charge in [-0.3, -0.25) is 15.5 Å². The summed E-state index contributed by atoms with van der Waals surface area (Å²) in [5.41, 5.74) is 4.90. The average molecular weight is 310 g/mol. The van der Waals surface area contributed by atoms with Crippen molar-refractivity contribution in [2.45, 2.75) is 25.9 Å². The summed E-state index contributed by atoms with van der Waals surface area (Å²) in [5, 5.41) is 4.37. The highest BCUT2D eigenvalue weighted by atomic mass is 79.9. The Morgan fingerprint density at radius 2 is 2.00 bits per heavy atom. The van der Waals surface area contributed by atoms with E-state index in [1.54, 1.807) is 18.6 Å². The predicted molar refractivity (Wildman–Crippen MR) is 73.7 cm³/mol. The summed E-state index contributed by atoms with van der Waals surface area (Å²) in [6, 6.07) is 4.03. The van der Waals surface area contributed by atoms with Gasteiger partial charge in [0.15, 0.2) is 0 Å². The highest BCUT2D eigenvalue weighted by Gasteiger charge is 2.21. The predicted octanol–water partition coefficient (Wildman–Crippen LogP) is 2.17. The second kappa shape index (κ2) is 5.60. The normalized spacial score (nSPS) is 12.9. The van der Waals surface area contributed by atoms with Gasteiger partial charge in [0.1, 0.15) is 0 Å². The van der Waals surface area contributed by atoms with E-state index in [2.05, 4.69) is 45.3 Å². The maximum atomic E-state index is 5.70. The SMILES string of the molecule is CC(C)n1ncc(Br)c1C(NN)c1ccncc1. The van der Waals surface area contributed by atoms with Crippen molar-refractivity contribution in [3.63, 3.8) is 0 Å². The van der Waals surface area contributed by atoms with E-state index in [1.165, 1.54) is 0 Å². The van der Waals surface area contributed by atoms with E-state index in [-0.39, 0.29) is 12.1 Å². The minimum absolute atomic E-state index is 0.118. The summed E-state index contributed by atoms with van der Waals surface area (Å²) in [6.45, 7) is 4.17. The second-order valence-electron chi connectivity index (χ2n) is 4.30. The lowest BCUT2D eigenvalue weighted by Crippen LogP contribution is -2.31. The van der Waals surface area contributed by atoms with Gasteiger partial charge in [-0.25, -0.2) is 5.43 Å². The lowest BCUT2D eigenvalue weighted by atomic mass is 10.1. The minimum Gasteiger partial charge on any atom is -0.271 e. The first-order chi connectivity index (χ1) is 8.65. The highest BCUT2D eigenvalue weighted by molar-refractivity contribution is 9.10. The molecule has 0 spiro atoms. The van der Waals surface area contributed by atoms with Crippen molar-refractivity contribution in [2.75, 3.05) is 0 Å². The molecule has 1 atom stereocenters. The van der Waals surface area contributed by atoms with Gasteiger partial charge >= 0.3 is 0 Å². The first-order valence-electron chi connectivity index (χ1n) is 5.74. The van der Waals surface area contributed by atoms with Crippen LogP contribution in [0.15, 0.2) is 35.2 Å². The highest BCUT2D eigenvalue weighted by Crippen LogP contribution is 2.29. The monoisotopic (exact) mass is 309 g/mol. The van der Waals surface area contributed by atoms with Gasteiger partial charge in [-0.2, -0.15) is 5.10 Å². The van der Waals surface area contributed by atoms with Gasteiger partial charge in [0.25, 0.3) is 0 Å². The van der Waals surface area contributed by atoms with Gasteiger partial charge in [0, 0.05) is 18.4 Å². The topological polar surface area (TPSA) is 68.8 Å². The third-order valence-electron chi connectivity index (χ3n) is 2.76. The van der Waals surface area contributed by atoms with Crippen LogP contribution in [-0.4, -0.2) is 14.8 Å². The van der Waals surface area contributed by atoms with Crippen LogP contribution in [0.4, 0.5) is 0 Å². The summed E-state index contributed by atoms with van der Waals surface area (Å²) in [7, 11) is 0. The van der Waals surface area contributed by atoms with E-state index in [1.807, 2.05) is 16.8 Å². The molecule has 0 saturated carbocycles. The standard InChI is InChI=1S/C12H16BrN5/c1-8(2)18-12(10(13)7-16-18)11(17-14)9-3-5-15-6-4-9/h3-8,11,17H,14H2,1-2H3. The summed E-state index contributed by atoms with van der Waals surface area (Å²) in [6.07, 6.45) is 5.30. The van der Waals surface area contributed by atoms with Crippen LogP contribution in [-0.2, 0) is 0 Å². The van der Waals surface area contributed by atoms with Gasteiger partial charge in [-0.1, -0.05) is 0 Å². The Morgan fingerprint density at radius 3 is 2.56 bits per heavy atom. The fraction of sp³-hybridized carbons (Fsp3) is 0.333. The molecule has 0 fully saturated rings. The molecule has 2 heterocycles. The molecule has 0 aliphatic carbocycles. The van der Waals surface area contributed by atoms with Gasteiger partial charge in [0.2, 0.25) is 0 Å². The van der Waals surface area contributed by atoms with E-state index in [0.29, 0.717) is 0 Å². The zero-order chi connectivity index (χ0) is 13.1. The largest absolute Gasteiger partial charge is 0.271 e. The zero-order valence-electron chi connectivity index (χ0n) is 10.3. The molecule has 18 heavy (non-hydrogen) atoms. The maximum absolute atomic E-state index is 5.70. The molecule has 6 heteroatoms. The molecule has 2 aromatic rings. The molecule has 0 aliphatic heterocycles. The Balaban J connectivity index is 2.48. The first kappa shape index (κ1) is 13.2. The molecular weight excluding hydrogens is 294 g/mol. The Bertz CT molecular complexity index is 508. The molecule has 5 nitrogen and oxygen atoms in total. The number of nitrogens with zero attached hydrogens (tertiary/aromatic N) is 3. The van der Waals surface area contributed by atoms with Crippen LogP contribution in [0.2, 0.25) is 0 Å². The lowest BCUT2D eigenvalue weighted by Gasteiger charge is -2.20. The molecule has 0 aromatic carbocycles. The van der Waals surface area contributed by atoms with Crippen molar-refractivity contribution in [3.05, 3.63) is 46.5 Å². The molecule has 0 amide bonds. The number of pyridine rings is 1. The molecule has 2 rings (SSSR count). The molecule has 1 unspecified atom stereocenters. The molecule has 2 aromatic heterocycles. The number of hydrogen-bond donors (Lipinski definition) is 2. The van der Waals surface area contributed by atoms with Crippen molar-refractivity contribution in [3.8, 4) is 0 Å². The van der Waals surface area contributed by atoms with E-state index in [9.17, 15) is 0 Å². The summed E-state index contributed by atoms with van der Waals surface area (Å²) in [5.74, 6) is 5.70. The smallest absolute Gasteiger partial charge is 0.0891 e. The minimum atomic E-state index is -0.118. The van der Waals surface area contributed by atoms with Crippen LogP contribution in [0.1, 0.15) is 37.2 Å². The van der Waals surface area contributed by atoms with Gasteiger partial charge < -0.3 is 0 Å². The van der Waals surface area contributed by atoms with Crippen molar-refractivity contribution < 1.29 is 0 Å². The molecule has 96 valence electrons. The van der Waals surface area contributed by atoms with Crippen LogP contribution in [0.5, 0.6) is 0 Å². The van der Waals surface area contributed by atoms with Gasteiger partial charge in [-0.15, -0.1) is 0 Å². The third kappa shape index (κ3) is 2.45. The summed E-state index contributed by atoms with van der Waals surface area (Å²) in [4.78, 5) is 4.02. The van der Waals surface area contributed by atoms with E-state index in [4.69, 9.17) is 5.84 Å². The number of hydrogen-bond acceptors (Lipinski definition) is 4. The van der Waals surface area contributed by atoms with E-state index < -0.39 is 0 Å². The molecule has 3 N–H and O–H groups in total. The van der Waals surface area contributed by atoms with Gasteiger partial charge in [-0.05, 0) is 47.5 Å². The van der Waals surface area contributed by atoms with Crippen LogP contribution in [0.25, 0.3) is 0 Å². The maximum Gasteiger partial charge on any atom is 0.0891 e. The Kier molecular flexibility index (Phi) is 4.11. The van der Waals surface area contributed by atoms with Crippen LogP contribution >= 0.6 is 15.9 Å². The van der Waals surface area contributed by atoms with Crippen molar-refractivity contribution in [1.29, 1.82) is 0 Å². The van der Waals surface area contributed by atoms with Crippen LogP contribution in [0, 0.1) is 0 Å². The number of aromatic nitrogens is 3. The van der Waals surface area contributed by atoms with Crippen molar-refractivity contribution in [1.82, 2.24) is 20.2 Å². The number of halogens is 1. The summed E-state index contributed by atoms with van der Waals surface area (Å²) < 4.78 is 2.89. The van der Waals surface area contributed by atoms with Gasteiger partial charge in [0.05, 0.1) is 22.4 Å². The number of nitrogens with one attached hydrogen (secondary N) is 1. The molecule has 0 radical (unpaired) electrons. The molecule has 0 saturated heterocycles. The van der Waals surface area contributed by atoms with Crippen molar-refractivity contribution in [2.24, 2.45) is 5.84 Å². The Hall–Kier alpha value is -1.24. The Labute approximate surface area is 115 Å². The average Bonchev–Trinajstić information content (AvgIpc) is 2.74. The first-order valence-corrected chi connectivity index (χ1v) is 6.53. The van der Waals surface area contributed by atoms with Crippen molar-refractivity contribution >= 4 is 15.9 Å². The second-order valence-corrected chi connectivity index (χ2v) is 5.15.